The molecule has 5 heteroatoms. The van der Waals surface area contributed by atoms with Crippen LogP contribution >= 0.6 is 0 Å². The Balaban J connectivity index is 1.83. The molecule has 0 amide bonds. The standard InChI is InChI=1S/C13H28O4Si/c1-4-18(5-2)17-12(3)15-9-7-6-8-14-10-13-11-16-13/h12-13,18H,4-11H2,1-3H3. The van der Waals surface area contributed by atoms with E-state index in [1.165, 1.54) is 12.1 Å². The van der Waals surface area contributed by atoms with Crippen molar-refractivity contribution in [1.82, 2.24) is 0 Å². The van der Waals surface area contributed by atoms with Crippen molar-refractivity contribution in [3.63, 3.8) is 0 Å². The Morgan fingerprint density at radius 3 is 2.50 bits per heavy atom. The monoisotopic (exact) mass is 276 g/mol. The van der Waals surface area contributed by atoms with Crippen LogP contribution in [0.3, 0.4) is 0 Å². The predicted octanol–water partition coefficient (Wildman–Crippen LogP) is 2.32. The summed E-state index contributed by atoms with van der Waals surface area (Å²) in [5, 5.41) is 0. The Morgan fingerprint density at radius 2 is 1.89 bits per heavy atom. The summed E-state index contributed by atoms with van der Waals surface area (Å²) < 4.78 is 22.1. The summed E-state index contributed by atoms with van der Waals surface area (Å²) in [5.41, 5.74) is 0. The van der Waals surface area contributed by atoms with Crippen LogP contribution in [0.25, 0.3) is 0 Å². The maximum Gasteiger partial charge on any atom is 0.179 e. The molecule has 1 aliphatic rings. The Labute approximate surface area is 113 Å². The minimum absolute atomic E-state index is 0.0395. The third-order valence-corrected chi connectivity index (χ3v) is 5.63. The second-order valence-corrected chi connectivity index (χ2v) is 7.90. The van der Waals surface area contributed by atoms with E-state index in [-0.39, 0.29) is 6.29 Å². The molecule has 0 N–H and O–H groups in total. The lowest BCUT2D eigenvalue weighted by atomic mass is 10.3. The average Bonchev–Trinajstić information content (AvgIpc) is 3.18. The van der Waals surface area contributed by atoms with E-state index in [1.807, 2.05) is 6.92 Å². The van der Waals surface area contributed by atoms with Gasteiger partial charge in [-0.1, -0.05) is 13.8 Å². The van der Waals surface area contributed by atoms with Crippen molar-refractivity contribution >= 4 is 9.04 Å². The Hall–Kier alpha value is 0.0569. The highest BCUT2D eigenvalue weighted by Crippen LogP contribution is 2.09. The summed E-state index contributed by atoms with van der Waals surface area (Å²) in [7, 11) is -0.988. The van der Waals surface area contributed by atoms with Gasteiger partial charge in [0, 0.05) is 13.2 Å². The van der Waals surface area contributed by atoms with Gasteiger partial charge in [-0.15, -0.1) is 0 Å². The highest BCUT2D eigenvalue weighted by atomic mass is 28.3. The second kappa shape index (κ2) is 9.92. The van der Waals surface area contributed by atoms with Crippen LogP contribution in [-0.4, -0.2) is 47.9 Å². The van der Waals surface area contributed by atoms with E-state index < -0.39 is 9.04 Å². The molecular formula is C13H28O4Si. The number of rotatable bonds is 12. The first-order chi connectivity index (χ1) is 8.76. The normalized spacial score (nSPS) is 20.3. The second-order valence-electron chi connectivity index (χ2n) is 4.75. The molecule has 1 rings (SSSR count). The lowest BCUT2D eigenvalue weighted by Gasteiger charge is -2.19. The summed E-state index contributed by atoms with van der Waals surface area (Å²) in [5.74, 6) is 0. The van der Waals surface area contributed by atoms with Gasteiger partial charge in [0.1, 0.15) is 12.4 Å². The molecule has 0 bridgehead atoms. The van der Waals surface area contributed by atoms with E-state index in [4.69, 9.17) is 18.6 Å². The molecule has 0 saturated carbocycles. The fourth-order valence-electron chi connectivity index (χ4n) is 1.73. The number of hydrogen-bond donors (Lipinski definition) is 0. The van der Waals surface area contributed by atoms with Crippen LogP contribution in [0.1, 0.15) is 33.6 Å². The van der Waals surface area contributed by atoms with Crippen LogP contribution in [0, 0.1) is 0 Å². The number of hydrogen-bond acceptors (Lipinski definition) is 4. The zero-order valence-electron chi connectivity index (χ0n) is 12.0. The topological polar surface area (TPSA) is 40.2 Å². The van der Waals surface area contributed by atoms with Crippen molar-refractivity contribution in [1.29, 1.82) is 0 Å². The number of unbranched alkanes of at least 4 members (excludes halogenated alkanes) is 1. The molecule has 108 valence electrons. The molecular weight excluding hydrogens is 248 g/mol. The van der Waals surface area contributed by atoms with E-state index in [0.717, 1.165) is 39.3 Å². The van der Waals surface area contributed by atoms with Crippen molar-refractivity contribution < 1.29 is 18.6 Å². The third-order valence-electron chi connectivity index (χ3n) is 3.04. The van der Waals surface area contributed by atoms with Crippen molar-refractivity contribution in [3.8, 4) is 0 Å². The van der Waals surface area contributed by atoms with Gasteiger partial charge >= 0.3 is 0 Å². The van der Waals surface area contributed by atoms with E-state index in [0.29, 0.717) is 6.10 Å². The molecule has 0 radical (unpaired) electrons. The minimum Gasteiger partial charge on any atom is -0.396 e. The quantitative estimate of drug-likeness (QED) is 0.237. The first kappa shape index (κ1) is 16.1. The summed E-state index contributed by atoms with van der Waals surface area (Å²) >= 11 is 0. The van der Waals surface area contributed by atoms with Gasteiger partial charge in [-0.25, -0.2) is 0 Å². The Kier molecular flexibility index (Phi) is 8.88. The Morgan fingerprint density at radius 1 is 1.22 bits per heavy atom. The molecule has 18 heavy (non-hydrogen) atoms. The number of ether oxygens (including phenoxy) is 3. The van der Waals surface area contributed by atoms with Crippen molar-refractivity contribution in [3.05, 3.63) is 0 Å². The molecule has 0 aliphatic carbocycles. The van der Waals surface area contributed by atoms with Gasteiger partial charge in [0.05, 0.1) is 13.2 Å². The van der Waals surface area contributed by atoms with Gasteiger partial charge in [-0.2, -0.15) is 0 Å². The van der Waals surface area contributed by atoms with Crippen LogP contribution in [0.4, 0.5) is 0 Å². The molecule has 1 fully saturated rings. The van der Waals surface area contributed by atoms with Crippen LogP contribution in [0.2, 0.25) is 12.1 Å². The fraction of sp³-hybridized carbons (Fsp3) is 1.00. The van der Waals surface area contributed by atoms with Crippen molar-refractivity contribution in [2.75, 3.05) is 26.4 Å². The number of epoxide rings is 1. The first-order valence-corrected chi connectivity index (χ1v) is 9.33. The highest BCUT2D eigenvalue weighted by Gasteiger charge is 2.21. The maximum atomic E-state index is 5.89. The smallest absolute Gasteiger partial charge is 0.179 e. The van der Waals surface area contributed by atoms with Crippen LogP contribution in [-0.2, 0) is 18.6 Å². The van der Waals surface area contributed by atoms with E-state index in [9.17, 15) is 0 Å². The molecule has 2 atom stereocenters. The minimum atomic E-state index is -0.988. The van der Waals surface area contributed by atoms with Gasteiger partial charge in [-0.05, 0) is 31.9 Å². The molecule has 1 aliphatic heterocycles. The Bertz CT molecular complexity index is 195. The average molecular weight is 276 g/mol. The predicted molar refractivity (Wildman–Crippen MR) is 74.4 cm³/mol. The molecule has 1 saturated heterocycles. The summed E-state index contributed by atoms with van der Waals surface area (Å²) in [4.78, 5) is 0. The SMILES string of the molecule is CC[SiH](CC)OC(C)OCCCCOCC1CO1. The lowest BCUT2D eigenvalue weighted by Crippen LogP contribution is -2.24. The summed E-state index contributed by atoms with van der Waals surface area (Å²) in [6, 6.07) is 2.36. The van der Waals surface area contributed by atoms with Crippen molar-refractivity contribution in [2.45, 2.75) is 58.1 Å². The molecule has 2 unspecified atom stereocenters. The van der Waals surface area contributed by atoms with Crippen molar-refractivity contribution in [2.24, 2.45) is 0 Å². The maximum absolute atomic E-state index is 5.89. The fourth-order valence-corrected chi connectivity index (χ4v) is 3.31. The lowest BCUT2D eigenvalue weighted by molar-refractivity contribution is -0.0715. The van der Waals surface area contributed by atoms with Crippen LogP contribution in [0.5, 0.6) is 0 Å². The highest BCUT2D eigenvalue weighted by molar-refractivity contribution is 6.51. The molecule has 0 aromatic carbocycles. The van der Waals surface area contributed by atoms with Gasteiger partial charge in [0.25, 0.3) is 0 Å². The first-order valence-electron chi connectivity index (χ1n) is 7.22. The molecule has 1 heterocycles. The molecule has 0 aromatic rings. The van der Waals surface area contributed by atoms with Gasteiger partial charge in [0.2, 0.25) is 0 Å². The van der Waals surface area contributed by atoms with Crippen LogP contribution < -0.4 is 0 Å². The zero-order chi connectivity index (χ0) is 13.2. The van der Waals surface area contributed by atoms with E-state index >= 15 is 0 Å². The van der Waals surface area contributed by atoms with Gasteiger partial charge in [-0.3, -0.25) is 0 Å². The molecule has 4 nitrogen and oxygen atoms in total. The largest absolute Gasteiger partial charge is 0.396 e. The van der Waals surface area contributed by atoms with Crippen LogP contribution in [0.15, 0.2) is 0 Å². The van der Waals surface area contributed by atoms with E-state index in [1.54, 1.807) is 0 Å². The van der Waals surface area contributed by atoms with Gasteiger partial charge in [0.15, 0.2) is 9.04 Å². The summed E-state index contributed by atoms with van der Waals surface area (Å²) in [6.45, 7) is 9.60. The van der Waals surface area contributed by atoms with E-state index in [2.05, 4.69) is 13.8 Å². The summed E-state index contributed by atoms with van der Waals surface area (Å²) in [6.07, 6.45) is 2.41. The molecule has 0 aromatic heterocycles. The molecule has 0 spiro atoms. The zero-order valence-corrected chi connectivity index (χ0v) is 13.2. The third kappa shape index (κ3) is 8.21. The van der Waals surface area contributed by atoms with Gasteiger partial charge < -0.3 is 18.6 Å².